The molecule has 114 valence electrons. The van der Waals surface area contributed by atoms with E-state index >= 15 is 0 Å². The third kappa shape index (κ3) is 2.68. The third-order valence-corrected chi connectivity index (χ3v) is 4.39. The molecule has 4 aromatic rings. The van der Waals surface area contributed by atoms with Gasteiger partial charge in [-0.3, -0.25) is 0 Å². The molecule has 0 fully saturated rings. The smallest absolute Gasteiger partial charge is 0.240 e. The molecule has 0 saturated carbocycles. The van der Waals surface area contributed by atoms with Gasteiger partial charge < -0.3 is 9.51 Å². The predicted octanol–water partition coefficient (Wildman–Crippen LogP) is 3.26. The van der Waals surface area contributed by atoms with Crippen molar-refractivity contribution in [3.05, 3.63) is 48.9 Å². The van der Waals surface area contributed by atoms with Crippen LogP contribution >= 0.6 is 11.8 Å². The second kappa shape index (κ2) is 5.81. The molecule has 3 heterocycles. The molecule has 0 saturated heterocycles. The number of imidazole rings is 1. The van der Waals surface area contributed by atoms with Crippen LogP contribution in [0.2, 0.25) is 0 Å². The Hall–Kier alpha value is -2.74. The molecule has 23 heavy (non-hydrogen) atoms. The molecule has 0 bridgehead atoms. The third-order valence-electron chi connectivity index (χ3n) is 3.30. The highest BCUT2D eigenvalue weighted by atomic mass is 32.2. The van der Waals surface area contributed by atoms with Crippen molar-refractivity contribution < 1.29 is 4.52 Å². The summed E-state index contributed by atoms with van der Waals surface area (Å²) in [4.78, 5) is 20.1. The summed E-state index contributed by atoms with van der Waals surface area (Å²) in [5.41, 5.74) is 2.38. The molecule has 1 unspecified atom stereocenters. The van der Waals surface area contributed by atoms with Crippen molar-refractivity contribution in [3.8, 4) is 11.4 Å². The van der Waals surface area contributed by atoms with Gasteiger partial charge in [-0.25, -0.2) is 15.0 Å². The zero-order chi connectivity index (χ0) is 15.6. The molecule has 1 N–H and O–H groups in total. The van der Waals surface area contributed by atoms with Gasteiger partial charge in [0.15, 0.2) is 5.65 Å². The van der Waals surface area contributed by atoms with Gasteiger partial charge in [0.05, 0.1) is 11.6 Å². The number of H-pyrrole nitrogens is 1. The summed E-state index contributed by atoms with van der Waals surface area (Å²) in [6.07, 6.45) is 3.11. The average molecular weight is 324 g/mol. The molecular formula is C15H12N6OS. The maximum absolute atomic E-state index is 5.40. The summed E-state index contributed by atoms with van der Waals surface area (Å²) >= 11 is 1.52. The number of fused-ring (bicyclic) bond motifs is 1. The van der Waals surface area contributed by atoms with Gasteiger partial charge in [0.1, 0.15) is 16.9 Å². The van der Waals surface area contributed by atoms with Gasteiger partial charge in [0, 0.05) is 5.56 Å². The van der Waals surface area contributed by atoms with Crippen LogP contribution in [0.5, 0.6) is 0 Å². The molecule has 0 amide bonds. The van der Waals surface area contributed by atoms with Gasteiger partial charge in [-0.05, 0) is 6.92 Å². The molecule has 8 heteroatoms. The van der Waals surface area contributed by atoms with Gasteiger partial charge in [-0.1, -0.05) is 47.3 Å². The number of rotatable bonds is 4. The fourth-order valence-corrected chi connectivity index (χ4v) is 3.06. The van der Waals surface area contributed by atoms with Gasteiger partial charge in [-0.15, -0.1) is 0 Å². The molecule has 1 atom stereocenters. The fourth-order valence-electron chi connectivity index (χ4n) is 2.15. The van der Waals surface area contributed by atoms with Crippen LogP contribution in [-0.4, -0.2) is 30.1 Å². The maximum Gasteiger partial charge on any atom is 0.240 e. The fraction of sp³-hybridized carbons (Fsp3) is 0.133. The molecular weight excluding hydrogens is 312 g/mol. The van der Waals surface area contributed by atoms with E-state index in [1.165, 1.54) is 18.1 Å². The predicted molar refractivity (Wildman–Crippen MR) is 85.7 cm³/mol. The number of nitrogens with zero attached hydrogens (tertiary/aromatic N) is 5. The molecule has 4 rings (SSSR count). The van der Waals surface area contributed by atoms with E-state index in [9.17, 15) is 0 Å². The summed E-state index contributed by atoms with van der Waals surface area (Å²) in [6.45, 7) is 2.00. The van der Waals surface area contributed by atoms with E-state index in [-0.39, 0.29) is 5.25 Å². The molecule has 0 aliphatic heterocycles. The highest BCUT2D eigenvalue weighted by molar-refractivity contribution is 7.99. The van der Waals surface area contributed by atoms with Gasteiger partial charge >= 0.3 is 0 Å². The number of thioether (sulfide) groups is 1. The first-order chi connectivity index (χ1) is 11.3. The van der Waals surface area contributed by atoms with Crippen molar-refractivity contribution >= 4 is 22.9 Å². The Kier molecular flexibility index (Phi) is 3.51. The van der Waals surface area contributed by atoms with Crippen LogP contribution < -0.4 is 0 Å². The largest absolute Gasteiger partial charge is 0.341 e. The minimum absolute atomic E-state index is 0.0404. The van der Waals surface area contributed by atoms with Crippen LogP contribution in [0.25, 0.3) is 22.6 Å². The van der Waals surface area contributed by atoms with Crippen molar-refractivity contribution in [1.29, 1.82) is 0 Å². The summed E-state index contributed by atoms with van der Waals surface area (Å²) in [6, 6.07) is 9.74. The van der Waals surface area contributed by atoms with Crippen LogP contribution in [0.15, 0.2) is 52.5 Å². The summed E-state index contributed by atoms with van der Waals surface area (Å²) < 4.78 is 5.40. The normalized spacial score (nSPS) is 12.6. The van der Waals surface area contributed by atoms with Crippen LogP contribution in [0, 0.1) is 0 Å². The zero-order valence-corrected chi connectivity index (χ0v) is 13.0. The number of aromatic nitrogens is 6. The van der Waals surface area contributed by atoms with E-state index in [0.29, 0.717) is 17.4 Å². The molecule has 0 radical (unpaired) electrons. The highest BCUT2D eigenvalue weighted by Crippen LogP contribution is 2.35. The molecule has 7 nitrogen and oxygen atoms in total. The molecule has 0 aliphatic carbocycles. The lowest BCUT2D eigenvalue weighted by Crippen LogP contribution is -1.92. The lowest BCUT2D eigenvalue weighted by Gasteiger charge is -2.05. The Balaban J connectivity index is 1.59. The van der Waals surface area contributed by atoms with Crippen molar-refractivity contribution in [2.24, 2.45) is 0 Å². The minimum Gasteiger partial charge on any atom is -0.341 e. The average Bonchev–Trinajstić information content (AvgIpc) is 3.25. The summed E-state index contributed by atoms with van der Waals surface area (Å²) in [7, 11) is 0. The minimum atomic E-state index is -0.0404. The maximum atomic E-state index is 5.40. The van der Waals surface area contributed by atoms with Crippen LogP contribution in [0.1, 0.15) is 18.1 Å². The van der Waals surface area contributed by atoms with E-state index in [0.717, 1.165) is 16.1 Å². The van der Waals surface area contributed by atoms with E-state index < -0.39 is 0 Å². The SMILES string of the molecule is CC(Sc1ncnc2nc[nH]c12)c1nc(-c2ccccc2)no1. The Morgan fingerprint density at radius 3 is 2.87 bits per heavy atom. The van der Waals surface area contributed by atoms with Crippen molar-refractivity contribution in [3.63, 3.8) is 0 Å². The molecule has 0 aliphatic rings. The molecule has 1 aromatic carbocycles. The van der Waals surface area contributed by atoms with Crippen molar-refractivity contribution in [2.45, 2.75) is 17.2 Å². The first-order valence-electron chi connectivity index (χ1n) is 7.01. The van der Waals surface area contributed by atoms with Gasteiger partial charge in [0.25, 0.3) is 0 Å². The Morgan fingerprint density at radius 1 is 1.13 bits per heavy atom. The molecule has 3 aromatic heterocycles. The number of nitrogens with one attached hydrogen (secondary N) is 1. The second-order valence-corrected chi connectivity index (χ2v) is 6.19. The summed E-state index contributed by atoms with van der Waals surface area (Å²) in [5.74, 6) is 1.14. The Labute approximate surface area is 135 Å². The van der Waals surface area contributed by atoms with E-state index in [1.807, 2.05) is 37.3 Å². The van der Waals surface area contributed by atoms with Crippen LogP contribution in [0.3, 0.4) is 0 Å². The van der Waals surface area contributed by atoms with Crippen LogP contribution in [-0.2, 0) is 0 Å². The van der Waals surface area contributed by atoms with E-state index in [1.54, 1.807) is 6.33 Å². The Bertz CT molecular complexity index is 935. The van der Waals surface area contributed by atoms with Crippen molar-refractivity contribution in [1.82, 2.24) is 30.1 Å². The first-order valence-corrected chi connectivity index (χ1v) is 7.89. The monoisotopic (exact) mass is 324 g/mol. The van der Waals surface area contributed by atoms with Crippen molar-refractivity contribution in [2.75, 3.05) is 0 Å². The highest BCUT2D eigenvalue weighted by Gasteiger charge is 2.19. The van der Waals surface area contributed by atoms with Crippen LogP contribution in [0.4, 0.5) is 0 Å². The van der Waals surface area contributed by atoms with Gasteiger partial charge in [-0.2, -0.15) is 4.98 Å². The Morgan fingerprint density at radius 2 is 2.00 bits per heavy atom. The standard InChI is InChI=1S/C15H12N6OS/c1-9(23-15-11-13(17-7-16-11)18-8-19-15)14-20-12(21-22-14)10-5-3-2-4-6-10/h2-9H,1H3,(H,16,17,18,19). The number of benzene rings is 1. The number of hydrogen-bond acceptors (Lipinski definition) is 7. The van der Waals surface area contributed by atoms with Gasteiger partial charge in [0.2, 0.25) is 11.7 Å². The van der Waals surface area contributed by atoms with E-state index in [2.05, 4.69) is 30.1 Å². The number of hydrogen-bond donors (Lipinski definition) is 1. The second-order valence-electron chi connectivity index (χ2n) is 4.86. The number of aromatic amines is 1. The summed E-state index contributed by atoms with van der Waals surface area (Å²) in [5, 5.41) is 4.81. The topological polar surface area (TPSA) is 93.4 Å². The molecule has 0 spiro atoms. The lowest BCUT2D eigenvalue weighted by atomic mass is 10.2. The quantitative estimate of drug-likeness (QED) is 0.455. The zero-order valence-electron chi connectivity index (χ0n) is 12.2. The van der Waals surface area contributed by atoms with E-state index in [4.69, 9.17) is 4.52 Å². The lowest BCUT2D eigenvalue weighted by molar-refractivity contribution is 0.381. The first kappa shape index (κ1) is 13.9.